The minimum atomic E-state index is -3.57. The normalized spacial score (nSPS) is 16.0. The van der Waals surface area contributed by atoms with Crippen LogP contribution in [0.2, 0.25) is 5.02 Å². The van der Waals surface area contributed by atoms with Crippen molar-refractivity contribution in [3.63, 3.8) is 0 Å². The smallest absolute Gasteiger partial charge is 0.243 e. The van der Waals surface area contributed by atoms with E-state index in [2.05, 4.69) is 5.32 Å². The number of benzene rings is 3. The van der Waals surface area contributed by atoms with E-state index < -0.39 is 10.0 Å². The maximum absolute atomic E-state index is 12.8. The predicted octanol–water partition coefficient (Wildman–Crippen LogP) is 4.53. The van der Waals surface area contributed by atoms with Gasteiger partial charge in [-0.25, -0.2) is 8.42 Å². The average molecular weight is 429 g/mol. The van der Waals surface area contributed by atoms with Crippen molar-refractivity contribution in [3.05, 3.63) is 71.8 Å². The number of amides is 1. The number of halogens is 1. The van der Waals surface area contributed by atoms with Gasteiger partial charge in [-0.3, -0.25) is 4.79 Å². The molecule has 0 spiro atoms. The van der Waals surface area contributed by atoms with Gasteiger partial charge in [-0.15, -0.1) is 0 Å². The molecule has 0 radical (unpaired) electrons. The zero-order valence-corrected chi connectivity index (χ0v) is 17.3. The van der Waals surface area contributed by atoms with Crippen molar-refractivity contribution < 1.29 is 13.2 Å². The largest absolute Gasteiger partial charge is 0.325 e. The molecule has 0 aliphatic carbocycles. The molecule has 1 aliphatic rings. The van der Waals surface area contributed by atoms with Crippen LogP contribution in [0.3, 0.4) is 0 Å². The van der Waals surface area contributed by atoms with E-state index in [1.54, 1.807) is 12.1 Å². The first-order chi connectivity index (χ1) is 13.9. The first-order valence-electron chi connectivity index (χ1n) is 9.49. The van der Waals surface area contributed by atoms with E-state index >= 15 is 0 Å². The Kier molecular flexibility index (Phi) is 5.58. The van der Waals surface area contributed by atoms with E-state index in [1.165, 1.54) is 16.4 Å². The van der Waals surface area contributed by atoms with Crippen LogP contribution in [-0.2, 0) is 14.8 Å². The van der Waals surface area contributed by atoms with Crippen LogP contribution in [0, 0.1) is 5.92 Å². The quantitative estimate of drug-likeness (QED) is 0.663. The highest BCUT2D eigenvalue weighted by atomic mass is 35.5. The summed E-state index contributed by atoms with van der Waals surface area (Å²) in [4.78, 5) is 13.0. The van der Waals surface area contributed by atoms with Gasteiger partial charge in [0.1, 0.15) is 0 Å². The number of hydrogen-bond donors (Lipinski definition) is 1. The van der Waals surface area contributed by atoms with Crippen LogP contribution in [0.5, 0.6) is 0 Å². The summed E-state index contributed by atoms with van der Waals surface area (Å²) in [5.74, 6) is -0.282. The summed E-state index contributed by atoms with van der Waals surface area (Å²) in [7, 11) is -3.57. The molecule has 1 aliphatic heterocycles. The molecular formula is C22H21ClN2O3S. The molecule has 0 bridgehead atoms. The number of sulfonamides is 1. The van der Waals surface area contributed by atoms with Crippen LogP contribution in [0.4, 0.5) is 5.69 Å². The first-order valence-corrected chi connectivity index (χ1v) is 11.3. The fourth-order valence-electron chi connectivity index (χ4n) is 3.68. The van der Waals surface area contributed by atoms with Gasteiger partial charge in [-0.2, -0.15) is 4.31 Å². The van der Waals surface area contributed by atoms with Gasteiger partial charge in [-0.05, 0) is 48.6 Å². The molecule has 5 nitrogen and oxygen atoms in total. The number of piperidine rings is 1. The van der Waals surface area contributed by atoms with E-state index in [0.717, 1.165) is 16.5 Å². The minimum absolute atomic E-state index is 0.0649. The molecule has 0 unspecified atom stereocenters. The molecule has 1 fully saturated rings. The summed E-state index contributed by atoms with van der Waals surface area (Å²) in [5.41, 5.74) is 0.782. The standard InChI is InChI=1S/C22H21ClN2O3S/c23-18-8-10-19(11-9-18)29(27,28)25-14-12-17(13-15-25)22(26)24-21-7-3-5-16-4-1-2-6-20(16)21/h1-11,17H,12-15H2,(H,24,26). The van der Waals surface area contributed by atoms with E-state index in [9.17, 15) is 13.2 Å². The Morgan fingerprint density at radius 1 is 0.931 bits per heavy atom. The third kappa shape index (κ3) is 4.15. The predicted molar refractivity (Wildman–Crippen MR) is 116 cm³/mol. The number of rotatable bonds is 4. The maximum Gasteiger partial charge on any atom is 0.243 e. The number of hydrogen-bond acceptors (Lipinski definition) is 3. The molecule has 0 saturated carbocycles. The van der Waals surface area contributed by atoms with Crippen LogP contribution in [0.15, 0.2) is 71.6 Å². The van der Waals surface area contributed by atoms with Crippen molar-refractivity contribution in [3.8, 4) is 0 Å². The van der Waals surface area contributed by atoms with E-state index in [1.807, 2.05) is 42.5 Å². The lowest BCUT2D eigenvalue weighted by atomic mass is 9.97. The molecule has 0 atom stereocenters. The summed E-state index contributed by atoms with van der Waals surface area (Å²) < 4.78 is 27.0. The number of anilines is 1. The zero-order valence-electron chi connectivity index (χ0n) is 15.7. The van der Waals surface area contributed by atoms with Crippen LogP contribution in [0.25, 0.3) is 10.8 Å². The fourth-order valence-corrected chi connectivity index (χ4v) is 5.28. The van der Waals surface area contributed by atoms with Crippen molar-refractivity contribution in [1.82, 2.24) is 4.31 Å². The monoisotopic (exact) mass is 428 g/mol. The summed E-state index contributed by atoms with van der Waals surface area (Å²) >= 11 is 5.85. The highest BCUT2D eigenvalue weighted by molar-refractivity contribution is 7.89. The van der Waals surface area contributed by atoms with Gasteiger partial charge in [0, 0.05) is 35.1 Å². The molecule has 1 amide bonds. The van der Waals surface area contributed by atoms with E-state index in [-0.39, 0.29) is 16.7 Å². The lowest BCUT2D eigenvalue weighted by molar-refractivity contribution is -0.120. The Balaban J connectivity index is 1.43. The third-order valence-corrected chi connectivity index (χ3v) is 7.49. The van der Waals surface area contributed by atoms with Crippen LogP contribution in [0.1, 0.15) is 12.8 Å². The third-order valence-electron chi connectivity index (χ3n) is 5.32. The van der Waals surface area contributed by atoms with Gasteiger partial charge in [0.05, 0.1) is 4.90 Å². The number of carbonyl (C=O) groups excluding carboxylic acids is 1. The van der Waals surface area contributed by atoms with Gasteiger partial charge in [0.2, 0.25) is 15.9 Å². The number of carbonyl (C=O) groups is 1. The molecule has 4 rings (SSSR count). The second kappa shape index (κ2) is 8.14. The lowest BCUT2D eigenvalue weighted by Crippen LogP contribution is -2.41. The molecule has 3 aromatic carbocycles. The molecule has 29 heavy (non-hydrogen) atoms. The lowest BCUT2D eigenvalue weighted by Gasteiger charge is -2.30. The first kappa shape index (κ1) is 19.9. The van der Waals surface area contributed by atoms with Gasteiger partial charge in [0.15, 0.2) is 0 Å². The second-order valence-electron chi connectivity index (χ2n) is 7.15. The fraction of sp³-hybridized carbons (Fsp3) is 0.227. The Hall–Kier alpha value is -2.41. The molecule has 150 valence electrons. The molecule has 1 saturated heterocycles. The zero-order chi connectivity index (χ0) is 20.4. The Morgan fingerprint density at radius 2 is 1.59 bits per heavy atom. The van der Waals surface area contributed by atoms with Crippen molar-refractivity contribution in [2.24, 2.45) is 5.92 Å². The van der Waals surface area contributed by atoms with Gasteiger partial charge in [-0.1, -0.05) is 48.0 Å². The summed E-state index contributed by atoms with van der Waals surface area (Å²) in [5, 5.41) is 5.57. The molecule has 0 aromatic heterocycles. The molecule has 1 N–H and O–H groups in total. The average Bonchev–Trinajstić information content (AvgIpc) is 2.74. The SMILES string of the molecule is O=C(Nc1cccc2ccccc12)C1CCN(S(=O)(=O)c2ccc(Cl)cc2)CC1. The summed E-state index contributed by atoms with van der Waals surface area (Å²) in [6.07, 6.45) is 0.979. The molecular weight excluding hydrogens is 408 g/mol. The highest BCUT2D eigenvalue weighted by Gasteiger charge is 2.32. The van der Waals surface area contributed by atoms with Crippen molar-refractivity contribution in [1.29, 1.82) is 0 Å². The highest BCUT2D eigenvalue weighted by Crippen LogP contribution is 2.27. The second-order valence-corrected chi connectivity index (χ2v) is 9.52. The van der Waals surface area contributed by atoms with Crippen molar-refractivity contribution in [2.45, 2.75) is 17.7 Å². The van der Waals surface area contributed by atoms with E-state index in [4.69, 9.17) is 11.6 Å². The van der Waals surface area contributed by atoms with E-state index in [0.29, 0.717) is 31.0 Å². The number of nitrogens with zero attached hydrogens (tertiary/aromatic N) is 1. The van der Waals surface area contributed by atoms with Gasteiger partial charge < -0.3 is 5.32 Å². The van der Waals surface area contributed by atoms with Crippen LogP contribution < -0.4 is 5.32 Å². The van der Waals surface area contributed by atoms with Crippen LogP contribution in [-0.4, -0.2) is 31.7 Å². The molecule has 1 heterocycles. The molecule has 7 heteroatoms. The molecule has 3 aromatic rings. The number of fused-ring (bicyclic) bond motifs is 1. The topological polar surface area (TPSA) is 66.5 Å². The Labute approximate surface area is 175 Å². The Bertz CT molecular complexity index is 1130. The van der Waals surface area contributed by atoms with Crippen molar-refractivity contribution >= 4 is 44.0 Å². The van der Waals surface area contributed by atoms with Gasteiger partial charge in [0.25, 0.3) is 0 Å². The van der Waals surface area contributed by atoms with Gasteiger partial charge >= 0.3 is 0 Å². The maximum atomic E-state index is 12.8. The number of nitrogens with one attached hydrogen (secondary N) is 1. The van der Waals surface area contributed by atoms with Crippen LogP contribution >= 0.6 is 11.6 Å². The summed E-state index contributed by atoms with van der Waals surface area (Å²) in [6, 6.07) is 19.9. The summed E-state index contributed by atoms with van der Waals surface area (Å²) in [6.45, 7) is 0.636. The minimum Gasteiger partial charge on any atom is -0.325 e. The Morgan fingerprint density at radius 3 is 2.31 bits per heavy atom. The van der Waals surface area contributed by atoms with Crippen molar-refractivity contribution in [2.75, 3.05) is 18.4 Å².